The van der Waals surface area contributed by atoms with E-state index in [0.717, 1.165) is 0 Å². The zero-order valence-corrected chi connectivity index (χ0v) is 13.7. The van der Waals surface area contributed by atoms with Crippen LogP contribution in [-0.2, 0) is 10.0 Å². The van der Waals surface area contributed by atoms with Crippen molar-refractivity contribution in [3.63, 3.8) is 0 Å². The molecule has 0 radical (unpaired) electrons. The van der Waals surface area contributed by atoms with Gasteiger partial charge >= 0.3 is 0 Å². The molecule has 0 bridgehead atoms. The highest BCUT2D eigenvalue weighted by atomic mass is 79.9. The Labute approximate surface area is 134 Å². The molecule has 21 heavy (non-hydrogen) atoms. The molecule has 8 heteroatoms. The number of aromatic nitrogens is 2. The van der Waals surface area contributed by atoms with E-state index in [2.05, 4.69) is 25.6 Å². The SMILES string of the molecule is O=S(=O)(Nc1ccccc1Br)c1c(Cl)nc2ccccn12. The first-order valence-corrected chi connectivity index (χ1v) is 8.54. The number of hydrogen-bond donors (Lipinski definition) is 1. The van der Waals surface area contributed by atoms with E-state index in [4.69, 9.17) is 11.6 Å². The zero-order chi connectivity index (χ0) is 15.0. The van der Waals surface area contributed by atoms with Crippen LogP contribution < -0.4 is 4.72 Å². The number of sulfonamides is 1. The molecule has 0 spiro atoms. The van der Waals surface area contributed by atoms with Gasteiger partial charge in [0.1, 0.15) is 5.65 Å². The largest absolute Gasteiger partial charge is 0.288 e. The lowest BCUT2D eigenvalue weighted by Crippen LogP contribution is -2.15. The number of anilines is 1. The maximum absolute atomic E-state index is 12.6. The second-order valence-corrected chi connectivity index (χ2v) is 7.03. The Morgan fingerprint density at radius 2 is 1.86 bits per heavy atom. The number of fused-ring (bicyclic) bond motifs is 1. The number of para-hydroxylation sites is 1. The highest BCUT2D eigenvalue weighted by molar-refractivity contribution is 9.10. The Morgan fingerprint density at radius 1 is 1.14 bits per heavy atom. The third-order valence-corrected chi connectivity index (χ3v) is 5.27. The Morgan fingerprint density at radius 3 is 2.62 bits per heavy atom. The predicted octanol–water partition coefficient (Wildman–Crippen LogP) is 3.55. The molecule has 3 rings (SSSR count). The second kappa shape index (κ2) is 5.32. The molecule has 1 N–H and O–H groups in total. The van der Waals surface area contributed by atoms with Gasteiger partial charge in [0, 0.05) is 10.7 Å². The van der Waals surface area contributed by atoms with Crippen LogP contribution in [0.25, 0.3) is 5.65 Å². The van der Waals surface area contributed by atoms with Gasteiger partial charge in [0.15, 0.2) is 10.2 Å². The van der Waals surface area contributed by atoms with Gasteiger partial charge in [0.2, 0.25) is 0 Å². The zero-order valence-electron chi connectivity index (χ0n) is 10.5. The van der Waals surface area contributed by atoms with Crippen molar-refractivity contribution in [1.82, 2.24) is 9.38 Å². The normalized spacial score (nSPS) is 11.7. The molecular formula is C13H9BrClN3O2S. The summed E-state index contributed by atoms with van der Waals surface area (Å²) in [7, 11) is -3.86. The van der Waals surface area contributed by atoms with Gasteiger partial charge in [0.25, 0.3) is 10.0 Å². The van der Waals surface area contributed by atoms with Gasteiger partial charge in [-0.05, 0) is 40.2 Å². The maximum atomic E-state index is 12.6. The van der Waals surface area contributed by atoms with Crippen molar-refractivity contribution in [2.45, 2.75) is 5.03 Å². The minimum atomic E-state index is -3.86. The molecule has 2 heterocycles. The molecule has 0 atom stereocenters. The van der Waals surface area contributed by atoms with Crippen molar-refractivity contribution in [3.8, 4) is 0 Å². The molecule has 1 aromatic carbocycles. The van der Waals surface area contributed by atoms with Crippen LogP contribution in [0.15, 0.2) is 58.2 Å². The van der Waals surface area contributed by atoms with Crippen molar-refractivity contribution < 1.29 is 8.42 Å². The Bertz CT molecular complexity index is 924. The third kappa shape index (κ3) is 2.64. The van der Waals surface area contributed by atoms with E-state index in [9.17, 15) is 8.42 Å². The molecule has 0 amide bonds. The highest BCUT2D eigenvalue weighted by Crippen LogP contribution is 2.28. The lowest BCUT2D eigenvalue weighted by Gasteiger charge is -2.09. The second-order valence-electron chi connectivity index (χ2n) is 4.22. The van der Waals surface area contributed by atoms with Crippen molar-refractivity contribution in [2.75, 3.05) is 4.72 Å². The van der Waals surface area contributed by atoms with Gasteiger partial charge in [0.05, 0.1) is 5.69 Å². The number of hydrogen-bond acceptors (Lipinski definition) is 3. The van der Waals surface area contributed by atoms with E-state index < -0.39 is 10.0 Å². The van der Waals surface area contributed by atoms with Crippen LogP contribution in [0.2, 0.25) is 5.15 Å². The average molecular weight is 387 g/mol. The number of pyridine rings is 1. The van der Waals surface area contributed by atoms with Crippen LogP contribution in [0.1, 0.15) is 0 Å². The fraction of sp³-hybridized carbons (Fsp3) is 0. The van der Waals surface area contributed by atoms with Gasteiger partial charge in [-0.15, -0.1) is 0 Å². The average Bonchev–Trinajstić information content (AvgIpc) is 2.77. The van der Waals surface area contributed by atoms with Crippen LogP contribution in [-0.4, -0.2) is 17.8 Å². The van der Waals surface area contributed by atoms with Crippen LogP contribution in [0, 0.1) is 0 Å². The van der Waals surface area contributed by atoms with Crippen molar-refractivity contribution >= 4 is 48.9 Å². The fourth-order valence-corrected chi connectivity index (χ4v) is 4.16. The molecular weight excluding hydrogens is 378 g/mol. The summed E-state index contributed by atoms with van der Waals surface area (Å²) >= 11 is 9.29. The Kier molecular flexibility index (Phi) is 3.64. The van der Waals surface area contributed by atoms with Crippen molar-refractivity contribution in [3.05, 3.63) is 58.3 Å². The fourth-order valence-electron chi connectivity index (χ4n) is 1.92. The van der Waals surface area contributed by atoms with E-state index in [1.807, 2.05) is 0 Å². The van der Waals surface area contributed by atoms with Crippen molar-refractivity contribution in [2.24, 2.45) is 0 Å². The summed E-state index contributed by atoms with van der Waals surface area (Å²) in [5, 5.41) is -0.156. The quantitative estimate of drug-likeness (QED) is 0.749. The predicted molar refractivity (Wildman–Crippen MR) is 85.2 cm³/mol. The van der Waals surface area contributed by atoms with Gasteiger partial charge in [-0.3, -0.25) is 9.12 Å². The first-order chi connectivity index (χ1) is 9.99. The molecule has 0 saturated carbocycles. The van der Waals surface area contributed by atoms with Crippen LogP contribution in [0.3, 0.4) is 0 Å². The summed E-state index contributed by atoms with van der Waals surface area (Å²) in [6.45, 7) is 0. The van der Waals surface area contributed by atoms with E-state index in [1.165, 1.54) is 4.40 Å². The number of halogens is 2. The standard InChI is InChI=1S/C13H9BrClN3O2S/c14-9-5-1-2-6-10(9)17-21(19,20)13-12(15)16-11-7-3-4-8-18(11)13/h1-8,17H. The minimum Gasteiger partial charge on any atom is -0.288 e. The topological polar surface area (TPSA) is 63.5 Å². The summed E-state index contributed by atoms with van der Waals surface area (Å²) in [5.74, 6) is 0. The molecule has 0 unspecified atom stereocenters. The van der Waals surface area contributed by atoms with Crippen LogP contribution in [0.5, 0.6) is 0 Å². The van der Waals surface area contributed by atoms with E-state index in [0.29, 0.717) is 15.8 Å². The highest BCUT2D eigenvalue weighted by Gasteiger charge is 2.24. The van der Waals surface area contributed by atoms with E-state index in [1.54, 1.807) is 48.7 Å². The maximum Gasteiger partial charge on any atom is 0.281 e. The van der Waals surface area contributed by atoms with Gasteiger partial charge in [-0.1, -0.05) is 29.8 Å². The molecule has 0 aliphatic heterocycles. The summed E-state index contributed by atoms with van der Waals surface area (Å²) in [5.41, 5.74) is 0.898. The van der Waals surface area contributed by atoms with Gasteiger partial charge < -0.3 is 0 Å². The first-order valence-electron chi connectivity index (χ1n) is 5.89. The summed E-state index contributed by atoms with van der Waals surface area (Å²) < 4.78 is 29.7. The smallest absolute Gasteiger partial charge is 0.281 e. The third-order valence-electron chi connectivity index (χ3n) is 2.82. The summed E-state index contributed by atoms with van der Waals surface area (Å²) in [6, 6.07) is 12.1. The van der Waals surface area contributed by atoms with E-state index in [-0.39, 0.29) is 10.2 Å². The number of imidazole rings is 1. The van der Waals surface area contributed by atoms with Gasteiger partial charge in [-0.25, -0.2) is 4.98 Å². The van der Waals surface area contributed by atoms with E-state index >= 15 is 0 Å². The van der Waals surface area contributed by atoms with Crippen LogP contribution >= 0.6 is 27.5 Å². The summed E-state index contributed by atoms with van der Waals surface area (Å²) in [6.07, 6.45) is 1.60. The van der Waals surface area contributed by atoms with Gasteiger partial charge in [-0.2, -0.15) is 8.42 Å². The molecule has 3 aromatic rings. The Balaban J connectivity index is 2.13. The molecule has 0 aliphatic rings. The van der Waals surface area contributed by atoms with Crippen LogP contribution in [0.4, 0.5) is 5.69 Å². The Hall–Kier alpha value is -1.57. The lowest BCUT2D eigenvalue weighted by atomic mass is 10.3. The number of rotatable bonds is 3. The summed E-state index contributed by atoms with van der Waals surface area (Å²) in [4.78, 5) is 4.04. The molecule has 0 saturated heterocycles. The lowest BCUT2D eigenvalue weighted by molar-refractivity contribution is 0.596. The monoisotopic (exact) mass is 385 g/mol. The molecule has 5 nitrogen and oxygen atoms in total. The minimum absolute atomic E-state index is 0.0687. The van der Waals surface area contributed by atoms with Crippen molar-refractivity contribution in [1.29, 1.82) is 0 Å². The number of nitrogens with one attached hydrogen (secondary N) is 1. The molecule has 0 fully saturated rings. The molecule has 0 aliphatic carbocycles. The molecule has 2 aromatic heterocycles. The number of nitrogens with zero attached hydrogens (tertiary/aromatic N) is 2. The molecule has 108 valence electrons. The number of benzene rings is 1. The first kappa shape index (κ1) is 14.4.